The van der Waals surface area contributed by atoms with Crippen molar-refractivity contribution in [2.75, 3.05) is 0 Å². The summed E-state index contributed by atoms with van der Waals surface area (Å²) in [6.45, 7) is 7.31. The topological polar surface area (TPSA) is 25.2 Å². The van der Waals surface area contributed by atoms with Gasteiger partial charge in [-0.3, -0.25) is 9.98 Å². The van der Waals surface area contributed by atoms with Gasteiger partial charge in [0.25, 0.3) is 0 Å². The minimum atomic E-state index is 0.779. The Bertz CT molecular complexity index is 402. The number of aliphatic imine (C=N–C) groups is 1. The number of nitrogens with zero attached hydrogens (tertiary/aromatic N) is 2. The normalized spacial score (nSPS) is 14.2. The van der Waals surface area contributed by atoms with Gasteiger partial charge in [-0.15, -0.1) is 0 Å². The van der Waals surface area contributed by atoms with Crippen LogP contribution in [-0.4, -0.2) is 11.7 Å². The van der Waals surface area contributed by atoms with Crippen molar-refractivity contribution in [3.8, 4) is 0 Å². The molecule has 0 aliphatic heterocycles. The lowest BCUT2D eigenvalue weighted by atomic mass is 10.1. The van der Waals surface area contributed by atoms with Crippen molar-refractivity contribution in [2.45, 2.75) is 6.42 Å². The van der Waals surface area contributed by atoms with Crippen LogP contribution in [0.15, 0.2) is 41.7 Å². The van der Waals surface area contributed by atoms with E-state index in [1.54, 1.807) is 6.20 Å². The van der Waals surface area contributed by atoms with Gasteiger partial charge in [0, 0.05) is 23.8 Å². The van der Waals surface area contributed by atoms with Crippen molar-refractivity contribution in [2.24, 2.45) is 4.99 Å². The first-order valence-electron chi connectivity index (χ1n) is 4.13. The third-order valence-electron chi connectivity index (χ3n) is 2.22. The van der Waals surface area contributed by atoms with E-state index in [4.69, 9.17) is 0 Å². The van der Waals surface area contributed by atoms with Crippen molar-refractivity contribution in [1.82, 2.24) is 4.98 Å². The lowest BCUT2D eigenvalue weighted by Gasteiger charge is -1.97. The summed E-state index contributed by atoms with van der Waals surface area (Å²) in [6, 6.07) is 3.96. The number of hydrogen-bond acceptors (Lipinski definition) is 2. The maximum atomic E-state index is 4.28. The third kappa shape index (κ3) is 1.11. The lowest BCUT2D eigenvalue weighted by Crippen LogP contribution is -1.86. The highest BCUT2D eigenvalue weighted by Gasteiger charge is 2.18. The van der Waals surface area contributed by atoms with Gasteiger partial charge in [0.1, 0.15) is 0 Å². The van der Waals surface area contributed by atoms with Crippen LogP contribution in [0.5, 0.6) is 0 Å². The molecule has 1 aliphatic rings. The molecule has 0 unspecified atom stereocenters. The van der Waals surface area contributed by atoms with Gasteiger partial charge >= 0.3 is 0 Å². The highest BCUT2D eigenvalue weighted by Crippen LogP contribution is 2.32. The van der Waals surface area contributed by atoms with Crippen LogP contribution in [-0.2, 0) is 6.42 Å². The SMILES string of the molecule is C=CC1=C(N=C)Cc2ncccc21. The number of fused-ring (bicyclic) bond motifs is 1. The van der Waals surface area contributed by atoms with Gasteiger partial charge < -0.3 is 0 Å². The van der Waals surface area contributed by atoms with Crippen LogP contribution in [0.4, 0.5) is 0 Å². The first kappa shape index (κ1) is 7.92. The Labute approximate surface area is 77.4 Å². The summed E-state index contributed by atoms with van der Waals surface area (Å²) in [5, 5.41) is 0. The number of hydrogen-bond donors (Lipinski definition) is 0. The van der Waals surface area contributed by atoms with Crippen molar-refractivity contribution in [1.29, 1.82) is 0 Å². The molecule has 1 heterocycles. The maximum Gasteiger partial charge on any atom is 0.0542 e. The number of allylic oxidation sites excluding steroid dienone is 3. The second-order valence-corrected chi connectivity index (χ2v) is 2.90. The van der Waals surface area contributed by atoms with Crippen LogP contribution in [0, 0.1) is 0 Å². The van der Waals surface area contributed by atoms with Crippen molar-refractivity contribution in [3.63, 3.8) is 0 Å². The molecule has 0 saturated carbocycles. The van der Waals surface area contributed by atoms with Crippen LogP contribution in [0.25, 0.3) is 5.57 Å². The van der Waals surface area contributed by atoms with Crippen LogP contribution in [0.1, 0.15) is 11.3 Å². The summed E-state index contributed by atoms with van der Waals surface area (Å²) in [6.07, 6.45) is 4.39. The Morgan fingerprint density at radius 3 is 3.08 bits per heavy atom. The van der Waals surface area contributed by atoms with E-state index in [-0.39, 0.29) is 0 Å². The minimum absolute atomic E-state index is 0.779. The smallest absolute Gasteiger partial charge is 0.0542 e. The number of rotatable bonds is 2. The van der Waals surface area contributed by atoms with Crippen LogP contribution in [0.3, 0.4) is 0 Å². The maximum absolute atomic E-state index is 4.28. The standard InChI is InChI=1S/C11H10N2/c1-3-8-9-5-4-6-13-11(9)7-10(8)12-2/h3-6H,1-2,7H2. The molecule has 0 N–H and O–H groups in total. The van der Waals surface area contributed by atoms with Crippen molar-refractivity contribution < 1.29 is 0 Å². The highest BCUT2D eigenvalue weighted by atomic mass is 14.8. The first-order valence-corrected chi connectivity index (χ1v) is 4.13. The Kier molecular flexibility index (Phi) is 1.81. The van der Waals surface area contributed by atoms with Crippen LogP contribution >= 0.6 is 0 Å². The Balaban J connectivity index is 2.60. The van der Waals surface area contributed by atoms with Gasteiger partial charge in [0.05, 0.1) is 11.4 Å². The lowest BCUT2D eigenvalue weighted by molar-refractivity contribution is 1.07. The van der Waals surface area contributed by atoms with Crippen molar-refractivity contribution in [3.05, 3.63) is 47.9 Å². The van der Waals surface area contributed by atoms with Gasteiger partial charge in [0.15, 0.2) is 0 Å². The minimum Gasteiger partial charge on any atom is -0.268 e. The monoisotopic (exact) mass is 170 g/mol. The summed E-state index contributed by atoms with van der Waals surface area (Å²) < 4.78 is 0. The third-order valence-corrected chi connectivity index (χ3v) is 2.22. The molecular weight excluding hydrogens is 160 g/mol. The molecule has 2 nitrogen and oxygen atoms in total. The largest absolute Gasteiger partial charge is 0.268 e. The van der Waals surface area contributed by atoms with Gasteiger partial charge in [-0.25, -0.2) is 0 Å². The predicted molar refractivity (Wildman–Crippen MR) is 54.6 cm³/mol. The van der Waals surface area contributed by atoms with Crippen molar-refractivity contribution >= 4 is 12.3 Å². The molecule has 0 spiro atoms. The van der Waals surface area contributed by atoms with Gasteiger partial charge in [-0.2, -0.15) is 0 Å². The molecular formula is C11H10N2. The zero-order valence-corrected chi connectivity index (χ0v) is 7.33. The molecule has 0 fully saturated rings. The quantitative estimate of drug-likeness (QED) is 0.625. The molecule has 0 aromatic carbocycles. The summed E-state index contributed by atoms with van der Waals surface area (Å²) >= 11 is 0. The molecule has 2 rings (SSSR count). The van der Waals surface area contributed by atoms with E-state index in [1.807, 2.05) is 18.2 Å². The molecule has 1 aliphatic carbocycles. The van der Waals surface area contributed by atoms with E-state index in [9.17, 15) is 0 Å². The molecule has 0 amide bonds. The van der Waals surface area contributed by atoms with Gasteiger partial charge in [0.2, 0.25) is 0 Å². The fourth-order valence-corrected chi connectivity index (χ4v) is 1.60. The Hall–Kier alpha value is -1.70. The van der Waals surface area contributed by atoms with E-state index < -0.39 is 0 Å². The molecule has 0 saturated heterocycles. The molecule has 0 atom stereocenters. The molecule has 1 aromatic heterocycles. The summed E-state index contributed by atoms with van der Waals surface area (Å²) in [7, 11) is 0. The van der Waals surface area contributed by atoms with Gasteiger partial charge in [-0.1, -0.05) is 18.7 Å². The van der Waals surface area contributed by atoms with E-state index in [0.717, 1.165) is 28.9 Å². The molecule has 2 heteroatoms. The zero-order chi connectivity index (χ0) is 9.26. The molecule has 0 radical (unpaired) electrons. The van der Waals surface area contributed by atoms with Crippen LogP contribution in [0.2, 0.25) is 0 Å². The fourth-order valence-electron chi connectivity index (χ4n) is 1.60. The van der Waals surface area contributed by atoms with E-state index >= 15 is 0 Å². The average molecular weight is 170 g/mol. The summed E-state index contributed by atoms with van der Waals surface area (Å²) in [5.74, 6) is 0. The Morgan fingerprint density at radius 2 is 2.38 bits per heavy atom. The molecule has 13 heavy (non-hydrogen) atoms. The van der Waals surface area contributed by atoms with E-state index in [1.165, 1.54) is 0 Å². The van der Waals surface area contributed by atoms with E-state index in [0.29, 0.717) is 0 Å². The average Bonchev–Trinajstić information content (AvgIpc) is 2.55. The number of aromatic nitrogens is 1. The molecule has 64 valence electrons. The van der Waals surface area contributed by atoms with Gasteiger partial charge in [-0.05, 0) is 12.8 Å². The van der Waals surface area contributed by atoms with Crippen LogP contribution < -0.4 is 0 Å². The van der Waals surface area contributed by atoms with E-state index in [2.05, 4.69) is 23.3 Å². The molecule has 1 aromatic rings. The fraction of sp³-hybridized carbons (Fsp3) is 0.0909. The molecule has 0 bridgehead atoms. The summed E-state index contributed by atoms with van der Waals surface area (Å²) in [5.41, 5.74) is 4.25. The second-order valence-electron chi connectivity index (χ2n) is 2.90. The summed E-state index contributed by atoms with van der Waals surface area (Å²) in [4.78, 5) is 8.25. The zero-order valence-electron chi connectivity index (χ0n) is 7.33. The highest BCUT2D eigenvalue weighted by molar-refractivity contribution is 5.81. The number of pyridine rings is 1. The first-order chi connectivity index (χ1) is 6.36. The second kappa shape index (κ2) is 2.98. The predicted octanol–water partition coefficient (Wildman–Crippen LogP) is 2.24. The Morgan fingerprint density at radius 1 is 1.54 bits per heavy atom.